The average molecular weight is 518 g/mol. The third-order valence-electron chi connectivity index (χ3n) is 6.54. The number of methoxy groups -OCH3 is 2. The standard InChI is InChI=1S/C28H27N3O5S/c1-5-36-27(33)24-23(18-7-6-8-19(13-18)26(32)30-28-29-10-12-37-28)16(2)31-11-9-17-14-21(34-3)22(35-4)15-20(17)25(24)31/h6-8,10,12-15H,5,9,11H2,1-4H3,(H,29,30,32). The Kier molecular flexibility index (Phi) is 6.71. The molecule has 2 aromatic heterocycles. The Bertz CT molecular complexity index is 1490. The molecule has 1 aliphatic rings. The summed E-state index contributed by atoms with van der Waals surface area (Å²) >= 11 is 1.35. The molecule has 1 aliphatic heterocycles. The van der Waals surface area contributed by atoms with Crippen LogP contribution in [-0.4, -0.2) is 42.3 Å². The van der Waals surface area contributed by atoms with Gasteiger partial charge in [0.05, 0.1) is 32.1 Å². The van der Waals surface area contributed by atoms with Crippen molar-refractivity contribution < 1.29 is 23.8 Å². The van der Waals surface area contributed by atoms with Gasteiger partial charge in [0.25, 0.3) is 5.91 Å². The number of benzene rings is 2. The van der Waals surface area contributed by atoms with E-state index in [-0.39, 0.29) is 12.5 Å². The van der Waals surface area contributed by atoms with Crippen LogP contribution in [0.5, 0.6) is 11.5 Å². The number of nitrogens with zero attached hydrogens (tertiary/aromatic N) is 2. The highest BCUT2D eigenvalue weighted by molar-refractivity contribution is 7.13. The van der Waals surface area contributed by atoms with Crippen LogP contribution >= 0.6 is 11.3 Å². The summed E-state index contributed by atoms with van der Waals surface area (Å²) in [7, 11) is 3.21. The molecule has 0 unspecified atom stereocenters. The van der Waals surface area contributed by atoms with Gasteiger partial charge in [-0.2, -0.15) is 0 Å². The zero-order valence-electron chi connectivity index (χ0n) is 21.1. The fourth-order valence-corrected chi connectivity index (χ4v) is 5.43. The molecule has 0 fully saturated rings. The maximum Gasteiger partial charge on any atom is 0.340 e. The van der Waals surface area contributed by atoms with Crippen molar-refractivity contribution in [1.82, 2.24) is 9.55 Å². The lowest BCUT2D eigenvalue weighted by Crippen LogP contribution is -2.15. The van der Waals surface area contributed by atoms with Crippen LogP contribution in [0.3, 0.4) is 0 Å². The lowest BCUT2D eigenvalue weighted by atomic mass is 9.93. The number of esters is 1. The second kappa shape index (κ2) is 10.1. The Hall–Kier alpha value is -4.11. The van der Waals surface area contributed by atoms with Crippen LogP contribution in [0, 0.1) is 6.92 Å². The molecule has 37 heavy (non-hydrogen) atoms. The molecule has 4 aromatic rings. The molecule has 9 heteroatoms. The molecule has 0 aliphatic carbocycles. The van der Waals surface area contributed by atoms with Crippen LogP contribution in [0.2, 0.25) is 0 Å². The number of amides is 1. The number of hydrogen-bond donors (Lipinski definition) is 1. The summed E-state index contributed by atoms with van der Waals surface area (Å²) in [5, 5.41) is 5.15. The van der Waals surface area contributed by atoms with Gasteiger partial charge in [-0.3, -0.25) is 10.1 Å². The molecule has 1 N–H and O–H groups in total. The molecule has 0 saturated carbocycles. The van der Waals surface area contributed by atoms with Crippen molar-refractivity contribution in [1.29, 1.82) is 0 Å². The van der Waals surface area contributed by atoms with E-state index in [0.717, 1.165) is 40.1 Å². The number of carbonyl (C=O) groups is 2. The number of hydrogen-bond acceptors (Lipinski definition) is 7. The van der Waals surface area contributed by atoms with Crippen molar-refractivity contribution in [2.75, 3.05) is 26.1 Å². The van der Waals surface area contributed by atoms with Crippen LogP contribution in [0.1, 0.15) is 38.9 Å². The van der Waals surface area contributed by atoms with Crippen molar-refractivity contribution in [3.8, 4) is 33.9 Å². The fraction of sp³-hybridized carbons (Fsp3) is 0.250. The first-order valence-electron chi connectivity index (χ1n) is 11.9. The summed E-state index contributed by atoms with van der Waals surface area (Å²) in [6.45, 7) is 4.73. The lowest BCUT2D eigenvalue weighted by molar-refractivity contribution is 0.0528. The van der Waals surface area contributed by atoms with Crippen LogP contribution in [0.4, 0.5) is 5.13 Å². The topological polar surface area (TPSA) is 91.7 Å². The van der Waals surface area contributed by atoms with E-state index in [0.29, 0.717) is 34.3 Å². The third kappa shape index (κ3) is 4.35. The first-order valence-corrected chi connectivity index (χ1v) is 12.8. The van der Waals surface area contributed by atoms with Crippen molar-refractivity contribution in [3.05, 3.63) is 70.4 Å². The first-order chi connectivity index (χ1) is 18.0. The normalized spacial score (nSPS) is 11.9. The van der Waals surface area contributed by atoms with Crippen molar-refractivity contribution in [2.24, 2.45) is 0 Å². The molecule has 1 amide bonds. The van der Waals surface area contributed by atoms with Gasteiger partial charge >= 0.3 is 5.97 Å². The smallest absolute Gasteiger partial charge is 0.340 e. The Labute approximate surface area is 218 Å². The molecule has 190 valence electrons. The number of fused-ring (bicyclic) bond motifs is 3. The molecular weight excluding hydrogens is 490 g/mol. The average Bonchev–Trinajstić information content (AvgIpc) is 3.53. The molecule has 0 atom stereocenters. The van der Waals surface area contributed by atoms with Gasteiger partial charge in [0.15, 0.2) is 16.6 Å². The van der Waals surface area contributed by atoms with E-state index in [1.165, 1.54) is 11.3 Å². The van der Waals surface area contributed by atoms with E-state index in [4.69, 9.17) is 14.2 Å². The zero-order valence-corrected chi connectivity index (χ0v) is 21.9. The van der Waals surface area contributed by atoms with Crippen LogP contribution in [-0.2, 0) is 17.7 Å². The molecule has 0 spiro atoms. The van der Waals surface area contributed by atoms with E-state index < -0.39 is 5.97 Å². The highest BCUT2D eigenvalue weighted by Gasteiger charge is 2.32. The van der Waals surface area contributed by atoms with Gasteiger partial charge in [-0.25, -0.2) is 9.78 Å². The molecule has 5 rings (SSSR count). The summed E-state index contributed by atoms with van der Waals surface area (Å²) in [6.07, 6.45) is 2.41. The minimum Gasteiger partial charge on any atom is -0.493 e. The Balaban J connectivity index is 1.68. The number of ether oxygens (including phenoxy) is 3. The molecular formula is C28H27N3O5S. The number of anilines is 1. The number of rotatable bonds is 7. The van der Waals surface area contributed by atoms with Gasteiger partial charge in [0.2, 0.25) is 0 Å². The number of carbonyl (C=O) groups excluding carboxylic acids is 2. The SMILES string of the molecule is CCOC(=O)c1c(-c2cccc(C(=O)Nc3nccs3)c2)c(C)n2c1-c1cc(OC)c(OC)cc1CC2. The molecule has 0 saturated heterocycles. The molecule has 8 nitrogen and oxygen atoms in total. The Morgan fingerprint density at radius 2 is 1.92 bits per heavy atom. The van der Waals surface area contributed by atoms with Gasteiger partial charge in [-0.05, 0) is 55.7 Å². The summed E-state index contributed by atoms with van der Waals surface area (Å²) in [4.78, 5) is 30.5. The number of aryl methyl sites for hydroxylation is 1. The quantitative estimate of drug-likeness (QED) is 0.322. The van der Waals surface area contributed by atoms with Crippen molar-refractivity contribution in [3.63, 3.8) is 0 Å². The van der Waals surface area contributed by atoms with E-state index in [2.05, 4.69) is 14.9 Å². The van der Waals surface area contributed by atoms with Crippen LogP contribution in [0.25, 0.3) is 22.4 Å². The largest absolute Gasteiger partial charge is 0.493 e. The molecule has 0 radical (unpaired) electrons. The number of thiazole rings is 1. The van der Waals surface area contributed by atoms with E-state index in [9.17, 15) is 9.59 Å². The molecule has 0 bridgehead atoms. The fourth-order valence-electron chi connectivity index (χ4n) is 4.90. The second-order valence-electron chi connectivity index (χ2n) is 8.54. The van der Waals surface area contributed by atoms with Crippen molar-refractivity contribution >= 4 is 28.3 Å². The van der Waals surface area contributed by atoms with Gasteiger partial charge in [0.1, 0.15) is 0 Å². The summed E-state index contributed by atoms with van der Waals surface area (Å²) < 4.78 is 18.8. The van der Waals surface area contributed by atoms with Gasteiger partial charge < -0.3 is 18.8 Å². The number of nitrogens with one attached hydrogen (secondary N) is 1. The monoisotopic (exact) mass is 517 g/mol. The zero-order chi connectivity index (χ0) is 26.1. The Morgan fingerprint density at radius 1 is 1.14 bits per heavy atom. The maximum absolute atomic E-state index is 13.5. The lowest BCUT2D eigenvalue weighted by Gasteiger charge is -2.23. The van der Waals surface area contributed by atoms with Crippen LogP contribution < -0.4 is 14.8 Å². The minimum absolute atomic E-state index is 0.247. The van der Waals surface area contributed by atoms with Gasteiger partial charge in [0, 0.05) is 40.5 Å². The number of aromatic nitrogens is 2. The second-order valence-corrected chi connectivity index (χ2v) is 9.44. The predicted molar refractivity (Wildman–Crippen MR) is 143 cm³/mol. The first kappa shape index (κ1) is 24.6. The summed E-state index contributed by atoms with van der Waals surface area (Å²) in [5.41, 5.74) is 6.14. The highest BCUT2D eigenvalue weighted by Crippen LogP contribution is 2.45. The predicted octanol–water partition coefficient (Wildman–Crippen LogP) is 5.59. The third-order valence-corrected chi connectivity index (χ3v) is 7.23. The Morgan fingerprint density at radius 3 is 2.62 bits per heavy atom. The van der Waals surface area contributed by atoms with E-state index in [1.807, 2.05) is 31.2 Å². The highest BCUT2D eigenvalue weighted by atomic mass is 32.1. The summed E-state index contributed by atoms with van der Waals surface area (Å²) in [5.74, 6) is 0.563. The van der Waals surface area contributed by atoms with Gasteiger partial charge in [-0.1, -0.05) is 12.1 Å². The molecule has 3 heterocycles. The van der Waals surface area contributed by atoms with Crippen LogP contribution in [0.15, 0.2) is 48.0 Å². The van der Waals surface area contributed by atoms with E-state index in [1.54, 1.807) is 44.9 Å². The van der Waals surface area contributed by atoms with Crippen molar-refractivity contribution in [2.45, 2.75) is 26.8 Å². The minimum atomic E-state index is -0.408. The maximum atomic E-state index is 13.5. The van der Waals surface area contributed by atoms with Gasteiger partial charge in [-0.15, -0.1) is 11.3 Å². The summed E-state index contributed by atoms with van der Waals surface area (Å²) in [6, 6.07) is 11.2. The molecule has 2 aromatic carbocycles. The van der Waals surface area contributed by atoms with E-state index >= 15 is 0 Å².